The van der Waals surface area contributed by atoms with Crippen LogP contribution in [-0.2, 0) is 47.6 Å². The molecule has 0 rings (SSSR count). The summed E-state index contributed by atoms with van der Waals surface area (Å²) in [5.41, 5.74) is -1.31. The molecule has 0 bridgehead atoms. The van der Waals surface area contributed by atoms with Crippen molar-refractivity contribution in [3.05, 3.63) is 25.3 Å². The standard InChI is InChI=1S/C23H36O10S2/c1-5-19(24)30-15-23(16-31-20(25)6-2,17-32-21(26)7-11-34-13-9-28-3)18-33-22(27)8-12-35-14-10-29-4/h5-6H,1-2,7-18H2,3-4H3. The average Bonchev–Trinajstić information content (AvgIpc) is 2.87. The van der Waals surface area contributed by atoms with Gasteiger partial charge in [-0.3, -0.25) is 9.59 Å². The molecule has 0 amide bonds. The summed E-state index contributed by atoms with van der Waals surface area (Å²) in [5.74, 6) is 0.0851. The van der Waals surface area contributed by atoms with Crippen LogP contribution in [0.1, 0.15) is 12.8 Å². The van der Waals surface area contributed by atoms with Crippen LogP contribution in [0, 0.1) is 5.41 Å². The summed E-state index contributed by atoms with van der Waals surface area (Å²) in [6.07, 6.45) is 2.21. The molecule has 0 radical (unpaired) electrons. The number of methoxy groups -OCH3 is 2. The minimum Gasteiger partial charge on any atom is -0.465 e. The van der Waals surface area contributed by atoms with Gasteiger partial charge in [-0.25, -0.2) is 9.59 Å². The molecule has 0 saturated carbocycles. The zero-order valence-corrected chi connectivity index (χ0v) is 22.1. The van der Waals surface area contributed by atoms with E-state index in [4.69, 9.17) is 28.4 Å². The van der Waals surface area contributed by atoms with Crippen molar-refractivity contribution in [2.75, 3.05) is 76.9 Å². The molecule has 0 N–H and O–H groups in total. The molecule has 0 spiro atoms. The number of rotatable bonds is 22. The molecule has 0 atom stereocenters. The van der Waals surface area contributed by atoms with Gasteiger partial charge in [0.05, 0.1) is 26.1 Å². The van der Waals surface area contributed by atoms with Gasteiger partial charge in [-0.2, -0.15) is 23.5 Å². The van der Waals surface area contributed by atoms with E-state index in [1.807, 2.05) is 0 Å². The Morgan fingerprint density at radius 3 is 1.37 bits per heavy atom. The van der Waals surface area contributed by atoms with Gasteiger partial charge in [0.15, 0.2) is 0 Å². The highest BCUT2D eigenvalue weighted by Crippen LogP contribution is 2.22. The van der Waals surface area contributed by atoms with Gasteiger partial charge in [0.1, 0.15) is 31.8 Å². The van der Waals surface area contributed by atoms with Crippen LogP contribution in [0.5, 0.6) is 0 Å². The third kappa shape index (κ3) is 18.0. The molecule has 0 aromatic carbocycles. The Balaban J connectivity index is 5.16. The lowest BCUT2D eigenvalue weighted by Gasteiger charge is -2.31. The van der Waals surface area contributed by atoms with Gasteiger partial charge in [-0.1, -0.05) is 13.2 Å². The van der Waals surface area contributed by atoms with Crippen LogP contribution < -0.4 is 0 Å². The number of ether oxygens (including phenoxy) is 6. The van der Waals surface area contributed by atoms with Crippen LogP contribution in [0.4, 0.5) is 0 Å². The smallest absolute Gasteiger partial charge is 0.330 e. The minimum absolute atomic E-state index is 0.141. The van der Waals surface area contributed by atoms with Crippen LogP contribution in [0.25, 0.3) is 0 Å². The molecule has 0 aromatic rings. The maximum Gasteiger partial charge on any atom is 0.330 e. The first kappa shape index (κ1) is 33.0. The molecule has 0 aromatic heterocycles. The fraction of sp³-hybridized carbons (Fsp3) is 0.652. The van der Waals surface area contributed by atoms with Crippen molar-refractivity contribution in [1.29, 1.82) is 0 Å². The van der Waals surface area contributed by atoms with E-state index in [0.29, 0.717) is 24.7 Å². The number of thioether (sulfide) groups is 2. The molecular formula is C23H36O10S2. The summed E-state index contributed by atoms with van der Waals surface area (Å²) >= 11 is 3.07. The van der Waals surface area contributed by atoms with Crippen molar-refractivity contribution >= 4 is 47.4 Å². The van der Waals surface area contributed by atoms with E-state index >= 15 is 0 Å². The van der Waals surface area contributed by atoms with Crippen molar-refractivity contribution in [2.24, 2.45) is 5.41 Å². The Hall–Kier alpha value is -2.02. The lowest BCUT2D eigenvalue weighted by atomic mass is 9.92. The van der Waals surface area contributed by atoms with Crippen molar-refractivity contribution in [3.8, 4) is 0 Å². The van der Waals surface area contributed by atoms with Crippen LogP contribution in [0.15, 0.2) is 25.3 Å². The number of carbonyl (C=O) groups excluding carboxylic acids is 4. The molecule has 0 fully saturated rings. The number of hydrogen-bond acceptors (Lipinski definition) is 12. The monoisotopic (exact) mass is 536 g/mol. The fourth-order valence-electron chi connectivity index (χ4n) is 2.23. The highest BCUT2D eigenvalue weighted by molar-refractivity contribution is 7.99. The Kier molecular flexibility index (Phi) is 20.0. The zero-order chi connectivity index (χ0) is 26.4. The highest BCUT2D eigenvalue weighted by atomic mass is 32.2. The van der Waals surface area contributed by atoms with Crippen molar-refractivity contribution in [1.82, 2.24) is 0 Å². The van der Waals surface area contributed by atoms with Crippen molar-refractivity contribution in [3.63, 3.8) is 0 Å². The normalized spacial score (nSPS) is 10.8. The predicted molar refractivity (Wildman–Crippen MR) is 134 cm³/mol. The Morgan fingerprint density at radius 1 is 0.657 bits per heavy atom. The van der Waals surface area contributed by atoms with Crippen LogP contribution in [0.3, 0.4) is 0 Å². The maximum atomic E-state index is 12.2. The molecule has 0 aliphatic rings. The Labute approximate surface area is 215 Å². The van der Waals surface area contributed by atoms with Crippen LogP contribution >= 0.6 is 23.5 Å². The van der Waals surface area contributed by atoms with E-state index in [1.165, 1.54) is 23.5 Å². The second kappa shape index (κ2) is 21.3. The molecule has 200 valence electrons. The van der Waals surface area contributed by atoms with Gasteiger partial charge in [0, 0.05) is 49.4 Å². The second-order valence-corrected chi connectivity index (χ2v) is 9.60. The third-order valence-corrected chi connectivity index (χ3v) is 6.11. The molecular weight excluding hydrogens is 500 g/mol. The van der Waals surface area contributed by atoms with Gasteiger partial charge in [-0.15, -0.1) is 0 Å². The SMILES string of the molecule is C=CC(=O)OCC(COC(=O)C=C)(COC(=O)CCSCCOC)COC(=O)CCSCCOC. The molecule has 0 unspecified atom stereocenters. The van der Waals surface area contributed by atoms with Gasteiger partial charge in [0.25, 0.3) is 0 Å². The van der Waals surface area contributed by atoms with Crippen LogP contribution in [0.2, 0.25) is 0 Å². The second-order valence-electron chi connectivity index (χ2n) is 7.16. The molecule has 0 aliphatic carbocycles. The minimum atomic E-state index is -1.31. The summed E-state index contributed by atoms with van der Waals surface area (Å²) in [6.45, 7) is 6.53. The van der Waals surface area contributed by atoms with E-state index in [0.717, 1.165) is 23.7 Å². The molecule has 0 aliphatic heterocycles. The topological polar surface area (TPSA) is 124 Å². The number of carbonyl (C=O) groups is 4. The summed E-state index contributed by atoms with van der Waals surface area (Å²) in [7, 11) is 3.19. The average molecular weight is 537 g/mol. The maximum absolute atomic E-state index is 12.2. The van der Waals surface area contributed by atoms with Gasteiger partial charge in [-0.05, 0) is 0 Å². The van der Waals surface area contributed by atoms with Crippen molar-refractivity contribution in [2.45, 2.75) is 12.8 Å². The largest absolute Gasteiger partial charge is 0.465 e. The van der Waals surface area contributed by atoms with Gasteiger partial charge < -0.3 is 28.4 Å². The Morgan fingerprint density at radius 2 is 1.03 bits per heavy atom. The highest BCUT2D eigenvalue weighted by Gasteiger charge is 2.37. The number of hydrogen-bond donors (Lipinski definition) is 0. The van der Waals surface area contributed by atoms with E-state index < -0.39 is 29.3 Å². The van der Waals surface area contributed by atoms with Crippen molar-refractivity contribution < 1.29 is 47.6 Å². The molecule has 0 heterocycles. The zero-order valence-electron chi connectivity index (χ0n) is 20.5. The quantitative estimate of drug-likeness (QED) is 0.0870. The van der Waals surface area contributed by atoms with E-state index in [1.54, 1.807) is 14.2 Å². The molecule has 0 saturated heterocycles. The van der Waals surface area contributed by atoms with Gasteiger partial charge >= 0.3 is 23.9 Å². The van der Waals surface area contributed by atoms with Crippen LogP contribution in [-0.4, -0.2) is 101 Å². The van der Waals surface area contributed by atoms with E-state index in [2.05, 4.69) is 13.2 Å². The lowest BCUT2D eigenvalue weighted by Crippen LogP contribution is -2.43. The molecule has 35 heavy (non-hydrogen) atoms. The predicted octanol–water partition coefficient (Wildman–Crippen LogP) is 2.06. The lowest BCUT2D eigenvalue weighted by molar-refractivity contribution is -0.167. The first-order valence-electron chi connectivity index (χ1n) is 10.9. The summed E-state index contributed by atoms with van der Waals surface area (Å²) in [6, 6.07) is 0. The fourth-order valence-corrected chi connectivity index (χ4v) is 3.83. The third-order valence-electron chi connectivity index (χ3n) is 4.22. The Bertz CT molecular complexity index is 613. The molecule has 10 nitrogen and oxygen atoms in total. The van der Waals surface area contributed by atoms with E-state index in [9.17, 15) is 19.2 Å². The van der Waals surface area contributed by atoms with Gasteiger partial charge in [0.2, 0.25) is 0 Å². The first-order chi connectivity index (χ1) is 16.8. The molecule has 12 heteroatoms. The summed E-state index contributed by atoms with van der Waals surface area (Å²) in [5, 5.41) is 0. The summed E-state index contributed by atoms with van der Waals surface area (Å²) < 4.78 is 31.0. The summed E-state index contributed by atoms with van der Waals surface area (Å²) in [4.78, 5) is 47.8. The van der Waals surface area contributed by atoms with E-state index in [-0.39, 0.29) is 39.3 Å². The first-order valence-corrected chi connectivity index (χ1v) is 13.2. The number of esters is 4.